The summed E-state index contributed by atoms with van der Waals surface area (Å²) in [5.74, 6) is -0.514. The smallest absolute Gasteiger partial charge is 0.342 e. The van der Waals surface area contributed by atoms with Gasteiger partial charge in [-0.1, -0.05) is 0 Å². The lowest BCUT2D eigenvalue weighted by molar-refractivity contribution is -0.384. The topological polar surface area (TPSA) is 127 Å². The van der Waals surface area contributed by atoms with Crippen molar-refractivity contribution >= 4 is 29.5 Å². The van der Waals surface area contributed by atoms with Crippen LogP contribution < -0.4 is 0 Å². The van der Waals surface area contributed by atoms with Crippen LogP contribution in [0, 0.1) is 17.0 Å². The van der Waals surface area contributed by atoms with Gasteiger partial charge < -0.3 is 9.67 Å². The zero-order valence-corrected chi connectivity index (χ0v) is 14.3. The molecular formula is C16H13N5O4S. The second-order valence-corrected chi connectivity index (χ2v) is 6.20. The monoisotopic (exact) mass is 371 g/mol. The number of benzene rings is 1. The van der Waals surface area contributed by atoms with Crippen LogP contribution in [-0.2, 0) is 4.79 Å². The van der Waals surface area contributed by atoms with Crippen LogP contribution in [0.2, 0.25) is 0 Å². The number of carboxylic acids is 1. The van der Waals surface area contributed by atoms with Crippen LogP contribution in [0.1, 0.15) is 11.5 Å². The van der Waals surface area contributed by atoms with Gasteiger partial charge in [0.2, 0.25) is 5.16 Å². The fraction of sp³-hybridized carbons (Fsp3) is 0.0625. The van der Waals surface area contributed by atoms with E-state index in [1.54, 1.807) is 42.0 Å². The quantitative estimate of drug-likeness (QED) is 0.295. The number of carboxylic acid groups (broad SMARTS) is 1. The number of hydrogen-bond acceptors (Lipinski definition) is 6. The summed E-state index contributed by atoms with van der Waals surface area (Å²) in [5.41, 5.74) is 1.27. The average Bonchev–Trinajstić information content (AvgIpc) is 3.23. The van der Waals surface area contributed by atoms with E-state index in [9.17, 15) is 20.0 Å². The Bertz CT molecular complexity index is 990. The number of non-ortho nitro benzene ring substituents is 1. The Labute approximate surface area is 151 Å². The maximum absolute atomic E-state index is 11.6. The van der Waals surface area contributed by atoms with Crippen LogP contribution in [0.4, 0.5) is 5.69 Å². The van der Waals surface area contributed by atoms with Crippen molar-refractivity contribution in [3.8, 4) is 5.69 Å². The fourth-order valence-corrected chi connectivity index (χ4v) is 2.95. The van der Waals surface area contributed by atoms with Gasteiger partial charge in [0.05, 0.1) is 4.92 Å². The molecule has 0 spiro atoms. The van der Waals surface area contributed by atoms with E-state index in [-0.39, 0.29) is 10.6 Å². The first-order chi connectivity index (χ1) is 12.4. The Hall–Kier alpha value is -3.40. The van der Waals surface area contributed by atoms with Crippen LogP contribution in [-0.4, -0.2) is 35.7 Å². The molecule has 0 aliphatic carbocycles. The molecular weight excluding hydrogens is 358 g/mol. The zero-order chi connectivity index (χ0) is 18.7. The number of H-pyrrole nitrogens is 1. The number of nitro benzene ring substituents is 1. The molecule has 2 aromatic heterocycles. The Morgan fingerprint density at radius 1 is 1.35 bits per heavy atom. The third kappa shape index (κ3) is 3.81. The number of hydrogen-bond donors (Lipinski definition) is 2. The molecule has 0 aliphatic rings. The first-order valence-electron chi connectivity index (χ1n) is 7.38. The lowest BCUT2D eigenvalue weighted by Gasteiger charge is -2.07. The second-order valence-electron chi connectivity index (χ2n) is 5.20. The molecule has 0 radical (unpaired) electrons. The van der Waals surface area contributed by atoms with E-state index >= 15 is 0 Å². The molecule has 3 rings (SSSR count). The summed E-state index contributed by atoms with van der Waals surface area (Å²) in [6.45, 7) is 1.72. The first kappa shape index (κ1) is 17.4. The van der Waals surface area contributed by atoms with Crippen molar-refractivity contribution in [3.05, 3.63) is 69.1 Å². The minimum Gasteiger partial charge on any atom is -0.477 e. The summed E-state index contributed by atoms with van der Waals surface area (Å²) >= 11 is 0.932. The first-order valence-corrected chi connectivity index (χ1v) is 8.20. The van der Waals surface area contributed by atoms with Gasteiger partial charge in [0.25, 0.3) is 5.69 Å². The van der Waals surface area contributed by atoms with E-state index in [4.69, 9.17) is 0 Å². The Balaban J connectivity index is 1.93. The normalized spacial score (nSPS) is 11.5. The van der Waals surface area contributed by atoms with Crippen molar-refractivity contribution in [1.82, 2.24) is 19.7 Å². The van der Waals surface area contributed by atoms with Gasteiger partial charge in [-0.15, -0.1) is 5.10 Å². The number of aliphatic carboxylic acids is 1. The van der Waals surface area contributed by atoms with Gasteiger partial charge in [0.1, 0.15) is 10.7 Å². The number of thioether (sulfide) groups is 1. The van der Waals surface area contributed by atoms with Crippen molar-refractivity contribution in [2.45, 2.75) is 12.1 Å². The molecule has 0 amide bonds. The van der Waals surface area contributed by atoms with Crippen molar-refractivity contribution in [1.29, 1.82) is 0 Å². The molecule has 0 bridgehead atoms. The highest BCUT2D eigenvalue weighted by atomic mass is 32.2. The van der Waals surface area contributed by atoms with E-state index in [1.807, 2.05) is 0 Å². The highest BCUT2D eigenvalue weighted by molar-refractivity contribution is 8.04. The minimum atomic E-state index is -1.10. The maximum Gasteiger partial charge on any atom is 0.342 e. The van der Waals surface area contributed by atoms with Gasteiger partial charge >= 0.3 is 5.97 Å². The molecule has 0 fully saturated rings. The SMILES string of the molecule is Cc1nc(S/C(=C\c2cccn2-c2ccc([N+](=O)[O-])cc2)C(=O)O)n[nH]1. The lowest BCUT2D eigenvalue weighted by atomic mass is 10.2. The Morgan fingerprint density at radius 3 is 2.65 bits per heavy atom. The van der Waals surface area contributed by atoms with Crippen LogP contribution in [0.15, 0.2) is 52.7 Å². The second kappa shape index (κ2) is 7.23. The number of nitro groups is 1. The van der Waals surface area contributed by atoms with Crippen molar-refractivity contribution < 1.29 is 14.8 Å². The van der Waals surface area contributed by atoms with E-state index in [2.05, 4.69) is 15.2 Å². The molecule has 9 nitrogen and oxygen atoms in total. The number of nitrogens with zero attached hydrogens (tertiary/aromatic N) is 4. The predicted molar refractivity (Wildman–Crippen MR) is 95.0 cm³/mol. The Morgan fingerprint density at radius 2 is 2.08 bits per heavy atom. The van der Waals surface area contributed by atoms with Crippen molar-refractivity contribution in [2.24, 2.45) is 0 Å². The summed E-state index contributed by atoms with van der Waals surface area (Å²) in [7, 11) is 0. The number of carbonyl (C=O) groups is 1. The molecule has 132 valence electrons. The maximum atomic E-state index is 11.6. The summed E-state index contributed by atoms with van der Waals surface area (Å²) in [5, 5.41) is 27.1. The van der Waals surface area contributed by atoms with Gasteiger partial charge in [0, 0.05) is 29.7 Å². The summed E-state index contributed by atoms with van der Waals surface area (Å²) in [4.78, 5) is 26.0. The molecule has 3 aromatic rings. The number of aryl methyl sites for hydroxylation is 1. The molecule has 2 heterocycles. The van der Waals surface area contributed by atoms with Crippen molar-refractivity contribution in [2.75, 3.05) is 0 Å². The van der Waals surface area contributed by atoms with Crippen LogP contribution in [0.3, 0.4) is 0 Å². The third-order valence-corrected chi connectivity index (χ3v) is 4.26. The van der Waals surface area contributed by atoms with Gasteiger partial charge in [-0.05, 0) is 49.0 Å². The summed E-state index contributed by atoms with van der Waals surface area (Å²) in [6, 6.07) is 9.49. The highest BCUT2D eigenvalue weighted by Crippen LogP contribution is 2.27. The molecule has 0 aliphatic heterocycles. The number of nitrogens with one attached hydrogen (secondary N) is 1. The van der Waals surface area contributed by atoms with Crippen LogP contribution >= 0.6 is 11.8 Å². The summed E-state index contributed by atoms with van der Waals surface area (Å²) in [6.07, 6.45) is 3.24. The van der Waals surface area contributed by atoms with E-state index in [0.29, 0.717) is 22.4 Å². The molecule has 0 atom stereocenters. The molecule has 0 saturated carbocycles. The van der Waals surface area contributed by atoms with Gasteiger partial charge in [0.15, 0.2) is 0 Å². The lowest BCUT2D eigenvalue weighted by Crippen LogP contribution is -2.00. The van der Waals surface area contributed by atoms with Gasteiger partial charge in [-0.25, -0.2) is 9.78 Å². The van der Waals surface area contributed by atoms with E-state index in [0.717, 1.165) is 11.8 Å². The predicted octanol–water partition coefficient (Wildman–Crippen LogP) is 3.03. The molecule has 1 aromatic carbocycles. The number of aromatic amines is 1. The standard InChI is InChI=1S/C16H13N5O4S/c1-10-17-16(19-18-10)26-14(15(22)23)9-13-3-2-8-20(13)11-4-6-12(7-5-11)21(24)25/h2-9H,1H3,(H,22,23)(H,17,18,19)/b14-9-. The van der Waals surface area contributed by atoms with Crippen LogP contribution in [0.25, 0.3) is 11.8 Å². The van der Waals surface area contributed by atoms with E-state index in [1.165, 1.54) is 18.2 Å². The van der Waals surface area contributed by atoms with Gasteiger partial charge in [-0.3, -0.25) is 15.2 Å². The molecule has 26 heavy (non-hydrogen) atoms. The minimum absolute atomic E-state index is 0.0141. The van der Waals surface area contributed by atoms with E-state index < -0.39 is 10.9 Å². The largest absolute Gasteiger partial charge is 0.477 e. The van der Waals surface area contributed by atoms with Gasteiger partial charge in [-0.2, -0.15) is 0 Å². The average molecular weight is 371 g/mol. The Kier molecular flexibility index (Phi) is 4.85. The third-order valence-electron chi connectivity index (χ3n) is 3.39. The molecule has 0 unspecified atom stereocenters. The molecule has 2 N–H and O–H groups in total. The number of rotatable bonds is 6. The number of aromatic nitrogens is 4. The molecule has 10 heteroatoms. The van der Waals surface area contributed by atoms with Crippen LogP contribution in [0.5, 0.6) is 0 Å². The highest BCUT2D eigenvalue weighted by Gasteiger charge is 2.14. The molecule has 0 saturated heterocycles. The van der Waals surface area contributed by atoms with Crippen molar-refractivity contribution in [3.63, 3.8) is 0 Å². The fourth-order valence-electron chi connectivity index (χ4n) is 2.22. The summed E-state index contributed by atoms with van der Waals surface area (Å²) < 4.78 is 1.73. The zero-order valence-electron chi connectivity index (χ0n) is 13.5.